The first-order valence-electron chi connectivity index (χ1n) is 7.99. The minimum atomic E-state index is -0.436. The van der Waals surface area contributed by atoms with E-state index in [1.807, 2.05) is 31.2 Å². The molecule has 0 unspecified atom stereocenters. The number of carbonyl (C=O) groups excluding carboxylic acids is 1. The number of hydrogen-bond donors (Lipinski definition) is 0. The summed E-state index contributed by atoms with van der Waals surface area (Å²) >= 11 is 1.33. The van der Waals surface area contributed by atoms with Crippen LogP contribution < -0.4 is 4.80 Å². The average Bonchev–Trinajstić information content (AvgIpc) is 2.94. The Morgan fingerprint density at radius 2 is 2.04 bits per heavy atom. The lowest BCUT2D eigenvalue weighted by Gasteiger charge is -2.01. The fraction of sp³-hybridized carbons (Fsp3) is 0.158. The van der Waals surface area contributed by atoms with E-state index in [1.54, 1.807) is 16.7 Å². The number of amides is 1. The van der Waals surface area contributed by atoms with Crippen LogP contribution in [-0.4, -0.2) is 15.4 Å². The number of rotatable bonds is 5. The van der Waals surface area contributed by atoms with Crippen molar-refractivity contribution in [2.75, 3.05) is 0 Å². The number of nitro benzene ring substituents is 1. The van der Waals surface area contributed by atoms with Crippen LogP contribution in [0.5, 0.6) is 0 Å². The molecule has 3 aromatic rings. The summed E-state index contributed by atoms with van der Waals surface area (Å²) in [5.41, 5.74) is 2.71. The molecule has 0 aliphatic carbocycles. The number of nitrogens with zero attached hydrogens (tertiary/aromatic N) is 3. The van der Waals surface area contributed by atoms with E-state index >= 15 is 0 Å². The van der Waals surface area contributed by atoms with E-state index in [9.17, 15) is 14.9 Å². The molecule has 0 aliphatic heterocycles. The van der Waals surface area contributed by atoms with E-state index in [-0.39, 0.29) is 18.0 Å². The van der Waals surface area contributed by atoms with Crippen molar-refractivity contribution in [3.8, 4) is 0 Å². The van der Waals surface area contributed by atoms with Crippen LogP contribution >= 0.6 is 11.3 Å². The maximum absolute atomic E-state index is 12.4. The predicted molar refractivity (Wildman–Crippen MR) is 102 cm³/mol. The van der Waals surface area contributed by atoms with E-state index in [0.717, 1.165) is 15.8 Å². The molecule has 0 saturated carbocycles. The van der Waals surface area contributed by atoms with E-state index in [2.05, 4.69) is 11.6 Å². The van der Waals surface area contributed by atoms with Crippen LogP contribution in [0, 0.1) is 17.0 Å². The lowest BCUT2D eigenvalue weighted by atomic mass is 10.1. The Kier molecular flexibility index (Phi) is 5.09. The van der Waals surface area contributed by atoms with Gasteiger partial charge in [-0.2, -0.15) is 4.99 Å². The summed E-state index contributed by atoms with van der Waals surface area (Å²) in [5.74, 6) is -0.257. The summed E-state index contributed by atoms with van der Waals surface area (Å²) in [6.45, 7) is 6.12. The van der Waals surface area contributed by atoms with Gasteiger partial charge in [0.05, 0.1) is 21.6 Å². The van der Waals surface area contributed by atoms with Crippen LogP contribution in [0.15, 0.2) is 60.1 Å². The molecule has 26 heavy (non-hydrogen) atoms. The second-order valence-electron chi connectivity index (χ2n) is 5.86. The van der Waals surface area contributed by atoms with Crippen molar-refractivity contribution in [3.63, 3.8) is 0 Å². The van der Waals surface area contributed by atoms with Gasteiger partial charge in [-0.05, 0) is 18.6 Å². The van der Waals surface area contributed by atoms with Gasteiger partial charge in [-0.1, -0.05) is 47.2 Å². The quantitative estimate of drug-likeness (QED) is 0.391. The van der Waals surface area contributed by atoms with Crippen molar-refractivity contribution in [2.24, 2.45) is 4.99 Å². The lowest BCUT2D eigenvalue weighted by Crippen LogP contribution is -2.17. The van der Waals surface area contributed by atoms with E-state index in [0.29, 0.717) is 16.9 Å². The molecule has 0 fully saturated rings. The summed E-state index contributed by atoms with van der Waals surface area (Å²) < 4.78 is 2.60. The number of aromatic nitrogens is 1. The minimum Gasteiger partial charge on any atom is -0.312 e. The smallest absolute Gasteiger partial charge is 0.271 e. The zero-order valence-corrected chi connectivity index (χ0v) is 15.0. The van der Waals surface area contributed by atoms with Crippen LogP contribution in [0.3, 0.4) is 0 Å². The number of aryl methyl sites for hydroxylation is 1. The van der Waals surface area contributed by atoms with Crippen molar-refractivity contribution in [1.82, 2.24) is 4.57 Å². The number of nitro groups is 1. The SMILES string of the molecule is C=CCn1c(=NC(=O)Cc2ccc(C)cc2)sc2ccc([N+](=O)[O-])cc21. The summed E-state index contributed by atoms with van der Waals surface area (Å²) in [6.07, 6.45) is 1.89. The summed E-state index contributed by atoms with van der Waals surface area (Å²) in [5, 5.41) is 11.0. The molecule has 0 saturated heterocycles. The van der Waals surface area contributed by atoms with Gasteiger partial charge in [-0.25, -0.2) is 0 Å². The average molecular weight is 367 g/mol. The third-order valence-electron chi connectivity index (χ3n) is 3.88. The molecule has 0 atom stereocenters. The van der Waals surface area contributed by atoms with Crippen LogP contribution in [0.1, 0.15) is 11.1 Å². The Bertz CT molecular complexity index is 1060. The maximum atomic E-state index is 12.4. The number of hydrogen-bond acceptors (Lipinski definition) is 4. The van der Waals surface area contributed by atoms with Gasteiger partial charge < -0.3 is 4.57 Å². The Hall–Kier alpha value is -3.06. The van der Waals surface area contributed by atoms with E-state index in [1.165, 1.54) is 23.5 Å². The number of allylic oxidation sites excluding steroid dienone is 1. The maximum Gasteiger partial charge on any atom is 0.271 e. The Morgan fingerprint density at radius 1 is 1.31 bits per heavy atom. The van der Waals surface area contributed by atoms with E-state index < -0.39 is 4.92 Å². The predicted octanol–water partition coefficient (Wildman–Crippen LogP) is 3.78. The molecule has 0 aliphatic rings. The number of thiazole rings is 1. The van der Waals surface area contributed by atoms with Crippen molar-refractivity contribution in [2.45, 2.75) is 19.9 Å². The monoisotopic (exact) mass is 367 g/mol. The van der Waals surface area contributed by atoms with E-state index in [4.69, 9.17) is 0 Å². The molecule has 0 bridgehead atoms. The molecule has 1 amide bonds. The van der Waals surface area contributed by atoms with Gasteiger partial charge in [0.15, 0.2) is 4.80 Å². The second-order valence-corrected chi connectivity index (χ2v) is 6.87. The molecule has 0 radical (unpaired) electrons. The largest absolute Gasteiger partial charge is 0.312 e. The third-order valence-corrected chi connectivity index (χ3v) is 4.94. The van der Waals surface area contributed by atoms with Crippen molar-refractivity contribution in [3.05, 3.63) is 81.2 Å². The van der Waals surface area contributed by atoms with Gasteiger partial charge in [-0.3, -0.25) is 14.9 Å². The number of fused-ring (bicyclic) bond motifs is 1. The molecular formula is C19H17N3O3S. The molecule has 2 aromatic carbocycles. The molecule has 132 valence electrons. The normalized spacial score (nSPS) is 11.7. The van der Waals surface area contributed by atoms with Gasteiger partial charge >= 0.3 is 0 Å². The van der Waals surface area contributed by atoms with Gasteiger partial charge in [0.25, 0.3) is 11.6 Å². The third kappa shape index (κ3) is 3.78. The van der Waals surface area contributed by atoms with Crippen molar-refractivity contribution >= 4 is 33.1 Å². The Balaban J connectivity index is 2.02. The highest BCUT2D eigenvalue weighted by molar-refractivity contribution is 7.16. The molecule has 3 rings (SSSR count). The fourth-order valence-electron chi connectivity index (χ4n) is 2.59. The molecule has 0 N–H and O–H groups in total. The highest BCUT2D eigenvalue weighted by atomic mass is 32.1. The van der Waals surface area contributed by atoms with Crippen LogP contribution in [-0.2, 0) is 17.8 Å². The van der Waals surface area contributed by atoms with Crippen molar-refractivity contribution < 1.29 is 9.72 Å². The molecule has 6 nitrogen and oxygen atoms in total. The molecule has 1 aromatic heterocycles. The van der Waals surface area contributed by atoms with Crippen molar-refractivity contribution in [1.29, 1.82) is 0 Å². The first-order valence-corrected chi connectivity index (χ1v) is 8.81. The van der Waals surface area contributed by atoms with Crippen LogP contribution in [0.2, 0.25) is 0 Å². The summed E-state index contributed by atoms with van der Waals surface area (Å²) in [4.78, 5) is 27.7. The highest BCUT2D eigenvalue weighted by Crippen LogP contribution is 2.23. The Labute approximate surface area is 153 Å². The first-order chi connectivity index (χ1) is 12.5. The zero-order valence-electron chi connectivity index (χ0n) is 14.2. The lowest BCUT2D eigenvalue weighted by molar-refractivity contribution is -0.384. The van der Waals surface area contributed by atoms with Gasteiger partial charge in [0.1, 0.15) is 0 Å². The van der Waals surface area contributed by atoms with Gasteiger partial charge in [0, 0.05) is 18.7 Å². The molecule has 1 heterocycles. The fourth-order valence-corrected chi connectivity index (χ4v) is 3.63. The highest BCUT2D eigenvalue weighted by Gasteiger charge is 2.12. The summed E-state index contributed by atoms with van der Waals surface area (Å²) in [6, 6.07) is 12.4. The molecular weight excluding hydrogens is 350 g/mol. The number of carbonyl (C=O) groups is 1. The topological polar surface area (TPSA) is 77.5 Å². The number of non-ortho nitro benzene ring substituents is 1. The molecule has 7 heteroatoms. The van der Waals surface area contributed by atoms with Crippen LogP contribution in [0.25, 0.3) is 10.2 Å². The number of benzene rings is 2. The first kappa shape index (κ1) is 17.8. The standard InChI is InChI=1S/C19H17N3O3S/c1-3-10-21-16-12-15(22(24)25)8-9-17(16)26-19(21)20-18(23)11-14-6-4-13(2)5-7-14/h3-9,12H,1,10-11H2,2H3. The second kappa shape index (κ2) is 7.45. The van der Waals surface area contributed by atoms with Gasteiger partial charge in [-0.15, -0.1) is 6.58 Å². The van der Waals surface area contributed by atoms with Gasteiger partial charge in [0.2, 0.25) is 0 Å². The Morgan fingerprint density at radius 3 is 2.69 bits per heavy atom. The minimum absolute atomic E-state index is 0.00523. The van der Waals surface area contributed by atoms with Crippen LogP contribution in [0.4, 0.5) is 5.69 Å². The zero-order chi connectivity index (χ0) is 18.7. The molecule has 0 spiro atoms. The summed E-state index contributed by atoms with van der Waals surface area (Å²) in [7, 11) is 0.